The molecule has 1 aromatic carbocycles. The third kappa shape index (κ3) is 3.74. The first kappa shape index (κ1) is 15.8. The molecule has 1 saturated heterocycles. The maximum Gasteiger partial charge on any atom is 0.238 e. The lowest BCUT2D eigenvalue weighted by Crippen LogP contribution is -2.29. The number of anilines is 1. The van der Waals surface area contributed by atoms with Crippen LogP contribution in [0.4, 0.5) is 14.5 Å². The van der Waals surface area contributed by atoms with Crippen LogP contribution in [0.3, 0.4) is 0 Å². The molecule has 0 aromatic heterocycles. The van der Waals surface area contributed by atoms with Gasteiger partial charge in [-0.2, -0.15) is 0 Å². The molecule has 0 unspecified atom stereocenters. The Balaban J connectivity index is 2.22. The molecule has 6 nitrogen and oxygen atoms in total. The average Bonchev–Trinajstić information content (AvgIpc) is 2.42. The van der Waals surface area contributed by atoms with Crippen LogP contribution in [-0.2, 0) is 19.6 Å². The van der Waals surface area contributed by atoms with Crippen LogP contribution in [0.2, 0.25) is 0 Å². The summed E-state index contributed by atoms with van der Waals surface area (Å²) in [6, 6.07) is 1.13. The first-order valence-corrected chi connectivity index (χ1v) is 7.74. The van der Waals surface area contributed by atoms with Gasteiger partial charge in [-0.3, -0.25) is 4.79 Å². The van der Waals surface area contributed by atoms with E-state index in [9.17, 15) is 22.0 Å². The Bertz CT molecular complexity index is 634. The summed E-state index contributed by atoms with van der Waals surface area (Å²) in [5.41, 5.74) is -0.682. The highest BCUT2D eigenvalue weighted by Crippen LogP contribution is 2.24. The number of sulfonamides is 1. The molecule has 0 aliphatic carbocycles. The number of nitrogens with one attached hydrogen (secondary N) is 1. The van der Waals surface area contributed by atoms with E-state index >= 15 is 0 Å². The second-order valence-corrected chi connectivity index (χ2v) is 6.24. The number of ether oxygens (including phenoxy) is 1. The van der Waals surface area contributed by atoms with Gasteiger partial charge in [-0.05, 0) is 25.0 Å². The Morgan fingerprint density at radius 1 is 1.24 bits per heavy atom. The number of hydrogen-bond acceptors (Lipinski definition) is 4. The van der Waals surface area contributed by atoms with Crippen LogP contribution in [0.1, 0.15) is 12.8 Å². The number of amides is 1. The molecule has 21 heavy (non-hydrogen) atoms. The van der Waals surface area contributed by atoms with Crippen molar-refractivity contribution in [3.8, 4) is 0 Å². The monoisotopic (exact) mass is 320 g/mol. The number of halogens is 2. The molecule has 9 heteroatoms. The van der Waals surface area contributed by atoms with Gasteiger partial charge in [0.25, 0.3) is 0 Å². The third-order valence-electron chi connectivity index (χ3n) is 3.18. The van der Waals surface area contributed by atoms with Crippen LogP contribution in [0, 0.1) is 17.6 Å². The zero-order valence-electron chi connectivity index (χ0n) is 10.9. The lowest BCUT2D eigenvalue weighted by molar-refractivity contribution is -0.122. The van der Waals surface area contributed by atoms with Crippen molar-refractivity contribution in [2.45, 2.75) is 17.7 Å². The first-order valence-electron chi connectivity index (χ1n) is 6.19. The summed E-state index contributed by atoms with van der Waals surface area (Å²) in [5, 5.41) is 6.95. The third-order valence-corrected chi connectivity index (χ3v) is 4.08. The largest absolute Gasteiger partial charge is 0.381 e. The molecule has 0 bridgehead atoms. The molecule has 0 spiro atoms. The summed E-state index contributed by atoms with van der Waals surface area (Å²) in [5.74, 6) is -3.31. The number of carbonyl (C=O) groups excluding carboxylic acids is 1. The maximum absolute atomic E-state index is 13.8. The summed E-state index contributed by atoms with van der Waals surface area (Å²) in [7, 11) is -4.22. The number of nitrogens with two attached hydrogens (primary N) is 1. The normalized spacial score (nSPS) is 16.7. The molecular formula is C12H14F2N2O4S. The van der Waals surface area contributed by atoms with Crippen molar-refractivity contribution in [2.24, 2.45) is 11.1 Å². The van der Waals surface area contributed by atoms with Gasteiger partial charge in [-0.1, -0.05) is 0 Å². The Labute approximate surface area is 120 Å². The van der Waals surface area contributed by atoms with Gasteiger partial charge in [0.1, 0.15) is 5.69 Å². The van der Waals surface area contributed by atoms with Crippen LogP contribution in [0.25, 0.3) is 0 Å². The van der Waals surface area contributed by atoms with Gasteiger partial charge >= 0.3 is 0 Å². The molecular weight excluding hydrogens is 306 g/mol. The lowest BCUT2D eigenvalue weighted by Gasteiger charge is -2.21. The van der Waals surface area contributed by atoms with Crippen LogP contribution < -0.4 is 10.5 Å². The van der Waals surface area contributed by atoms with Crippen molar-refractivity contribution < 1.29 is 26.7 Å². The molecule has 1 aromatic rings. The molecule has 1 aliphatic heterocycles. The molecule has 116 valence electrons. The number of benzene rings is 1. The smallest absolute Gasteiger partial charge is 0.238 e. The summed E-state index contributed by atoms with van der Waals surface area (Å²) < 4.78 is 54.8. The van der Waals surface area contributed by atoms with E-state index in [1.54, 1.807) is 0 Å². The first-order chi connectivity index (χ1) is 9.79. The fourth-order valence-corrected chi connectivity index (χ4v) is 2.55. The number of primary sulfonamides is 1. The average molecular weight is 320 g/mol. The minimum Gasteiger partial charge on any atom is -0.381 e. The van der Waals surface area contributed by atoms with Gasteiger partial charge in [0, 0.05) is 19.1 Å². The van der Waals surface area contributed by atoms with Gasteiger partial charge in [0.15, 0.2) is 11.6 Å². The SMILES string of the molecule is NS(=O)(=O)c1cc(F)c(NC(=O)C2CCOCC2)c(F)c1. The summed E-state index contributed by atoms with van der Waals surface area (Å²) in [4.78, 5) is 11.2. The minimum atomic E-state index is -4.22. The van der Waals surface area contributed by atoms with Gasteiger partial charge in [0.05, 0.1) is 4.90 Å². The van der Waals surface area contributed by atoms with E-state index < -0.39 is 44.1 Å². The Kier molecular flexibility index (Phi) is 4.55. The van der Waals surface area contributed by atoms with Crippen molar-refractivity contribution in [2.75, 3.05) is 18.5 Å². The maximum atomic E-state index is 13.8. The van der Waals surface area contributed by atoms with Crippen molar-refractivity contribution >= 4 is 21.6 Å². The van der Waals surface area contributed by atoms with Crippen molar-refractivity contribution in [3.05, 3.63) is 23.8 Å². The van der Waals surface area contributed by atoms with Gasteiger partial charge in [-0.15, -0.1) is 0 Å². The molecule has 3 N–H and O–H groups in total. The molecule has 0 saturated carbocycles. The van der Waals surface area contributed by atoms with Crippen molar-refractivity contribution in [1.82, 2.24) is 0 Å². The molecule has 1 aliphatic rings. The lowest BCUT2D eigenvalue weighted by atomic mass is 9.99. The van der Waals surface area contributed by atoms with Crippen LogP contribution in [-0.4, -0.2) is 27.5 Å². The van der Waals surface area contributed by atoms with Crippen molar-refractivity contribution in [3.63, 3.8) is 0 Å². The molecule has 1 fully saturated rings. The predicted octanol–water partition coefficient (Wildman–Crippen LogP) is 0.977. The molecule has 2 rings (SSSR count). The fraction of sp³-hybridized carbons (Fsp3) is 0.417. The van der Waals surface area contributed by atoms with Crippen LogP contribution in [0.5, 0.6) is 0 Å². The number of hydrogen-bond donors (Lipinski definition) is 2. The Hall–Kier alpha value is -1.58. The number of carbonyl (C=O) groups is 1. The fourth-order valence-electron chi connectivity index (χ4n) is 2.02. The highest BCUT2D eigenvalue weighted by atomic mass is 32.2. The minimum absolute atomic E-state index is 0.393. The van der Waals surface area contributed by atoms with E-state index in [2.05, 4.69) is 5.32 Å². The molecule has 0 radical (unpaired) electrons. The summed E-state index contributed by atoms with van der Waals surface area (Å²) in [6.45, 7) is 0.820. The molecule has 1 heterocycles. The second-order valence-electron chi connectivity index (χ2n) is 4.68. The van der Waals surface area contributed by atoms with Crippen LogP contribution in [0.15, 0.2) is 17.0 Å². The van der Waals surface area contributed by atoms with Gasteiger partial charge in [-0.25, -0.2) is 22.3 Å². The van der Waals surface area contributed by atoms with E-state index in [-0.39, 0.29) is 0 Å². The van der Waals surface area contributed by atoms with Gasteiger partial charge < -0.3 is 10.1 Å². The second kappa shape index (κ2) is 6.04. The predicted molar refractivity (Wildman–Crippen MR) is 69.9 cm³/mol. The van der Waals surface area contributed by atoms with E-state index in [0.717, 1.165) is 0 Å². The van der Waals surface area contributed by atoms with E-state index in [4.69, 9.17) is 9.88 Å². The topological polar surface area (TPSA) is 98.5 Å². The highest BCUT2D eigenvalue weighted by Gasteiger charge is 2.24. The van der Waals surface area contributed by atoms with Crippen LogP contribution >= 0.6 is 0 Å². The van der Waals surface area contributed by atoms with Gasteiger partial charge in [0.2, 0.25) is 15.9 Å². The highest BCUT2D eigenvalue weighted by molar-refractivity contribution is 7.89. The zero-order chi connectivity index (χ0) is 15.6. The number of rotatable bonds is 3. The van der Waals surface area contributed by atoms with E-state index in [1.807, 2.05) is 0 Å². The van der Waals surface area contributed by atoms with Crippen molar-refractivity contribution in [1.29, 1.82) is 0 Å². The van der Waals surface area contributed by atoms with E-state index in [1.165, 1.54) is 0 Å². The Morgan fingerprint density at radius 2 is 1.76 bits per heavy atom. The zero-order valence-corrected chi connectivity index (χ0v) is 11.8. The standard InChI is InChI=1S/C12H14F2N2O4S/c13-9-5-8(21(15,18)19)6-10(14)11(9)16-12(17)7-1-3-20-4-2-7/h5-7H,1-4H2,(H,16,17)(H2,15,18,19). The quantitative estimate of drug-likeness (QED) is 0.867. The summed E-state index contributed by atoms with van der Waals surface area (Å²) in [6.07, 6.45) is 0.925. The molecule has 0 atom stereocenters. The van der Waals surface area contributed by atoms with E-state index in [0.29, 0.717) is 38.2 Å². The molecule has 1 amide bonds. The Morgan fingerprint density at radius 3 is 2.24 bits per heavy atom. The summed E-state index contributed by atoms with van der Waals surface area (Å²) >= 11 is 0.